The summed E-state index contributed by atoms with van der Waals surface area (Å²) in [4.78, 5) is 8.86. The minimum Gasteiger partial charge on any atom is -0.309 e. The SMILES string of the molecule is CCNC(Cc1ncnn1C(C)C)c1ccc(Br)cn1. The van der Waals surface area contributed by atoms with Crippen molar-refractivity contribution in [2.75, 3.05) is 6.54 Å². The molecule has 20 heavy (non-hydrogen) atoms. The summed E-state index contributed by atoms with van der Waals surface area (Å²) in [7, 11) is 0. The standard InChI is InChI=1S/C14H20BrN5/c1-4-16-13(12-6-5-11(15)8-17-12)7-14-18-9-19-20(14)10(2)3/h5-6,8-10,13,16H,4,7H2,1-3H3. The molecule has 1 atom stereocenters. The van der Waals surface area contributed by atoms with E-state index in [1.165, 1.54) is 0 Å². The molecule has 2 heterocycles. The summed E-state index contributed by atoms with van der Waals surface area (Å²) in [5, 5.41) is 7.75. The molecule has 1 unspecified atom stereocenters. The van der Waals surface area contributed by atoms with Crippen LogP contribution >= 0.6 is 15.9 Å². The number of nitrogens with one attached hydrogen (secondary N) is 1. The fraction of sp³-hybridized carbons (Fsp3) is 0.500. The third-order valence-corrected chi connectivity index (χ3v) is 3.55. The average Bonchev–Trinajstić information content (AvgIpc) is 2.87. The molecular weight excluding hydrogens is 318 g/mol. The van der Waals surface area contributed by atoms with Crippen LogP contribution in [0.2, 0.25) is 0 Å². The molecule has 0 fully saturated rings. The molecular formula is C14H20BrN5. The summed E-state index contributed by atoms with van der Waals surface area (Å²) in [5.41, 5.74) is 1.02. The van der Waals surface area contributed by atoms with Gasteiger partial charge in [-0.3, -0.25) is 4.98 Å². The summed E-state index contributed by atoms with van der Waals surface area (Å²) < 4.78 is 2.95. The van der Waals surface area contributed by atoms with Gasteiger partial charge in [-0.05, 0) is 48.5 Å². The molecule has 2 aromatic rings. The van der Waals surface area contributed by atoms with Crippen LogP contribution in [0.15, 0.2) is 29.1 Å². The molecule has 108 valence electrons. The molecule has 0 aliphatic carbocycles. The Morgan fingerprint density at radius 1 is 1.30 bits per heavy atom. The van der Waals surface area contributed by atoms with Gasteiger partial charge in [0.1, 0.15) is 12.2 Å². The molecule has 0 spiro atoms. The second-order valence-electron chi connectivity index (χ2n) is 4.93. The Bertz CT molecular complexity index is 535. The lowest BCUT2D eigenvalue weighted by Gasteiger charge is -2.18. The van der Waals surface area contributed by atoms with Crippen molar-refractivity contribution < 1.29 is 0 Å². The van der Waals surface area contributed by atoms with E-state index in [-0.39, 0.29) is 6.04 Å². The average molecular weight is 338 g/mol. The number of halogens is 1. The van der Waals surface area contributed by atoms with Crippen LogP contribution < -0.4 is 5.32 Å². The molecule has 5 nitrogen and oxygen atoms in total. The molecule has 0 aliphatic rings. The fourth-order valence-corrected chi connectivity index (χ4v) is 2.39. The van der Waals surface area contributed by atoms with Crippen molar-refractivity contribution in [3.8, 4) is 0 Å². The van der Waals surface area contributed by atoms with E-state index in [0.29, 0.717) is 6.04 Å². The Labute approximate surface area is 128 Å². The van der Waals surface area contributed by atoms with Crippen molar-refractivity contribution in [2.45, 2.75) is 39.3 Å². The van der Waals surface area contributed by atoms with Gasteiger partial charge >= 0.3 is 0 Å². The van der Waals surface area contributed by atoms with Crippen LogP contribution in [0.4, 0.5) is 0 Å². The predicted octanol–water partition coefficient (Wildman–Crippen LogP) is 2.91. The van der Waals surface area contributed by atoms with Crippen LogP contribution in [-0.2, 0) is 6.42 Å². The number of hydrogen-bond donors (Lipinski definition) is 1. The first-order valence-corrected chi connectivity index (χ1v) is 7.64. The second kappa shape index (κ2) is 6.95. The van der Waals surface area contributed by atoms with E-state index in [4.69, 9.17) is 0 Å². The maximum atomic E-state index is 4.49. The third kappa shape index (κ3) is 3.64. The summed E-state index contributed by atoms with van der Waals surface area (Å²) in [6.07, 6.45) is 4.22. The highest BCUT2D eigenvalue weighted by Gasteiger charge is 2.17. The van der Waals surface area contributed by atoms with Crippen molar-refractivity contribution in [3.63, 3.8) is 0 Å². The zero-order chi connectivity index (χ0) is 14.5. The lowest BCUT2D eigenvalue weighted by Crippen LogP contribution is -2.25. The minimum atomic E-state index is 0.148. The van der Waals surface area contributed by atoms with Gasteiger partial charge in [0, 0.05) is 23.1 Å². The molecule has 2 rings (SSSR count). The lowest BCUT2D eigenvalue weighted by molar-refractivity contribution is 0.464. The number of likely N-dealkylation sites (N-methyl/N-ethyl adjacent to an activating group) is 1. The number of hydrogen-bond acceptors (Lipinski definition) is 4. The first kappa shape index (κ1) is 15.1. The van der Waals surface area contributed by atoms with E-state index in [0.717, 1.165) is 29.0 Å². The van der Waals surface area contributed by atoms with Gasteiger partial charge in [0.05, 0.1) is 11.7 Å². The molecule has 0 amide bonds. The van der Waals surface area contributed by atoms with Crippen molar-refractivity contribution in [1.82, 2.24) is 25.1 Å². The molecule has 0 saturated heterocycles. The smallest absolute Gasteiger partial charge is 0.138 e. The molecule has 0 radical (unpaired) electrons. The Hall–Kier alpha value is -1.27. The monoisotopic (exact) mass is 337 g/mol. The third-order valence-electron chi connectivity index (χ3n) is 3.08. The molecule has 0 aromatic carbocycles. The van der Waals surface area contributed by atoms with Gasteiger partial charge in [0.25, 0.3) is 0 Å². The highest BCUT2D eigenvalue weighted by Crippen LogP contribution is 2.18. The van der Waals surface area contributed by atoms with E-state index >= 15 is 0 Å². The van der Waals surface area contributed by atoms with E-state index in [9.17, 15) is 0 Å². The topological polar surface area (TPSA) is 55.6 Å². The van der Waals surface area contributed by atoms with Crippen molar-refractivity contribution in [2.24, 2.45) is 0 Å². The van der Waals surface area contributed by atoms with Gasteiger partial charge in [-0.15, -0.1) is 0 Å². The van der Waals surface area contributed by atoms with Crippen LogP contribution in [0.1, 0.15) is 44.4 Å². The summed E-state index contributed by atoms with van der Waals surface area (Å²) >= 11 is 3.42. The predicted molar refractivity (Wildman–Crippen MR) is 82.5 cm³/mol. The summed E-state index contributed by atoms with van der Waals surface area (Å²) in [5.74, 6) is 0.982. The van der Waals surface area contributed by atoms with Gasteiger partial charge in [0.15, 0.2) is 0 Å². The van der Waals surface area contributed by atoms with Crippen LogP contribution in [0.3, 0.4) is 0 Å². The molecule has 0 saturated carbocycles. The number of aromatic nitrogens is 4. The van der Waals surface area contributed by atoms with Crippen LogP contribution in [0, 0.1) is 0 Å². The van der Waals surface area contributed by atoms with Gasteiger partial charge in [-0.1, -0.05) is 6.92 Å². The first-order chi connectivity index (χ1) is 9.61. The molecule has 0 aliphatic heterocycles. The van der Waals surface area contributed by atoms with Gasteiger partial charge < -0.3 is 5.32 Å². The zero-order valence-electron chi connectivity index (χ0n) is 12.0. The second-order valence-corrected chi connectivity index (χ2v) is 5.85. The van der Waals surface area contributed by atoms with Crippen LogP contribution in [0.25, 0.3) is 0 Å². The molecule has 6 heteroatoms. The zero-order valence-corrected chi connectivity index (χ0v) is 13.6. The highest BCUT2D eigenvalue weighted by molar-refractivity contribution is 9.10. The summed E-state index contributed by atoms with van der Waals surface area (Å²) in [6.45, 7) is 7.20. The van der Waals surface area contributed by atoms with Crippen LogP contribution in [-0.4, -0.2) is 26.3 Å². The Morgan fingerprint density at radius 3 is 2.70 bits per heavy atom. The fourth-order valence-electron chi connectivity index (χ4n) is 2.16. The number of nitrogens with zero attached hydrogens (tertiary/aromatic N) is 4. The van der Waals surface area contributed by atoms with E-state index in [1.807, 2.05) is 23.0 Å². The number of pyridine rings is 1. The Kier molecular flexibility index (Phi) is 5.25. The summed E-state index contributed by atoms with van der Waals surface area (Å²) in [6, 6.07) is 4.51. The lowest BCUT2D eigenvalue weighted by atomic mass is 10.1. The maximum Gasteiger partial charge on any atom is 0.138 e. The minimum absolute atomic E-state index is 0.148. The largest absolute Gasteiger partial charge is 0.309 e. The molecule has 2 aromatic heterocycles. The number of rotatable bonds is 6. The highest BCUT2D eigenvalue weighted by atomic mass is 79.9. The van der Waals surface area contributed by atoms with E-state index in [2.05, 4.69) is 57.1 Å². The van der Waals surface area contributed by atoms with Crippen molar-refractivity contribution >= 4 is 15.9 Å². The first-order valence-electron chi connectivity index (χ1n) is 6.85. The normalized spacial score (nSPS) is 12.8. The van der Waals surface area contributed by atoms with Gasteiger partial charge in [0.2, 0.25) is 0 Å². The van der Waals surface area contributed by atoms with E-state index in [1.54, 1.807) is 6.33 Å². The van der Waals surface area contributed by atoms with Crippen molar-refractivity contribution in [1.29, 1.82) is 0 Å². The van der Waals surface area contributed by atoms with Gasteiger partial charge in [-0.2, -0.15) is 5.10 Å². The molecule has 0 bridgehead atoms. The van der Waals surface area contributed by atoms with E-state index < -0.39 is 0 Å². The van der Waals surface area contributed by atoms with Crippen LogP contribution in [0.5, 0.6) is 0 Å². The van der Waals surface area contributed by atoms with Gasteiger partial charge in [-0.25, -0.2) is 9.67 Å². The maximum absolute atomic E-state index is 4.49. The Balaban J connectivity index is 2.21. The van der Waals surface area contributed by atoms with Crippen molar-refractivity contribution in [3.05, 3.63) is 40.6 Å². The molecule has 1 N–H and O–H groups in total. The Morgan fingerprint density at radius 2 is 2.10 bits per heavy atom. The quantitative estimate of drug-likeness (QED) is 0.880.